The van der Waals surface area contributed by atoms with Crippen molar-refractivity contribution in [3.63, 3.8) is 0 Å². The van der Waals surface area contributed by atoms with Crippen molar-refractivity contribution in [3.05, 3.63) is 35.1 Å². The van der Waals surface area contributed by atoms with E-state index in [1.807, 2.05) is 0 Å². The second-order valence-corrected chi connectivity index (χ2v) is 4.07. The number of carbonyl (C=O) groups is 2. The van der Waals surface area contributed by atoms with E-state index in [1.165, 1.54) is 0 Å². The predicted octanol–water partition coefficient (Wildman–Crippen LogP) is 0.871. The first-order chi connectivity index (χ1) is 9.36. The zero-order valence-corrected chi connectivity index (χ0v) is 10.7. The fourth-order valence-electron chi connectivity index (χ4n) is 1.62. The predicted molar refractivity (Wildman–Crippen MR) is 65.6 cm³/mol. The first-order valence-corrected chi connectivity index (χ1v) is 5.91. The zero-order chi connectivity index (χ0) is 15.3. The molecule has 0 spiro atoms. The fourth-order valence-corrected chi connectivity index (χ4v) is 1.62. The molecule has 1 rings (SSSR count). The van der Waals surface area contributed by atoms with Crippen molar-refractivity contribution < 1.29 is 34.0 Å². The van der Waals surface area contributed by atoms with Crippen LogP contribution < -0.4 is 0 Å². The van der Waals surface area contributed by atoms with E-state index in [-0.39, 0.29) is 12.2 Å². The van der Waals surface area contributed by atoms with Gasteiger partial charge in [0.05, 0.1) is 24.7 Å². The standard InChI is InChI=1S/C13H15FO6/c1-2-20-11(16)6-10(15)12(17)7-3-4-9(14)8(5-7)13(18)19/h3-5,10,12,15,17H,2,6H2,1H3,(H,18,19). The first-order valence-electron chi connectivity index (χ1n) is 5.91. The number of carboxylic acid groups (broad SMARTS) is 1. The third kappa shape index (κ3) is 4.01. The molecule has 0 amide bonds. The molecule has 0 saturated heterocycles. The molecule has 3 N–H and O–H groups in total. The van der Waals surface area contributed by atoms with E-state index >= 15 is 0 Å². The number of halogens is 1. The van der Waals surface area contributed by atoms with E-state index in [9.17, 15) is 24.2 Å². The van der Waals surface area contributed by atoms with Crippen molar-refractivity contribution in [1.29, 1.82) is 0 Å². The topological polar surface area (TPSA) is 104 Å². The summed E-state index contributed by atoms with van der Waals surface area (Å²) < 4.78 is 17.8. The summed E-state index contributed by atoms with van der Waals surface area (Å²) in [6, 6.07) is 2.93. The van der Waals surface area contributed by atoms with Crippen molar-refractivity contribution >= 4 is 11.9 Å². The smallest absolute Gasteiger partial charge is 0.338 e. The van der Waals surface area contributed by atoms with Crippen molar-refractivity contribution in [2.45, 2.75) is 25.6 Å². The minimum Gasteiger partial charge on any atom is -0.478 e. The minimum absolute atomic E-state index is 0.000554. The average molecular weight is 286 g/mol. The van der Waals surface area contributed by atoms with Crippen LogP contribution in [0.2, 0.25) is 0 Å². The van der Waals surface area contributed by atoms with Gasteiger partial charge in [0.15, 0.2) is 0 Å². The van der Waals surface area contributed by atoms with Crippen LogP contribution in [-0.4, -0.2) is 40.0 Å². The van der Waals surface area contributed by atoms with Gasteiger partial charge in [-0.15, -0.1) is 0 Å². The molecule has 2 unspecified atom stereocenters. The van der Waals surface area contributed by atoms with Crippen LogP contribution in [0.3, 0.4) is 0 Å². The van der Waals surface area contributed by atoms with Gasteiger partial charge in [-0.1, -0.05) is 6.07 Å². The number of aromatic carboxylic acids is 1. The van der Waals surface area contributed by atoms with E-state index in [1.54, 1.807) is 6.92 Å². The van der Waals surface area contributed by atoms with Gasteiger partial charge in [0.2, 0.25) is 0 Å². The molecule has 0 radical (unpaired) electrons. The minimum atomic E-state index is -1.52. The molecular formula is C13H15FO6. The number of rotatable bonds is 6. The summed E-state index contributed by atoms with van der Waals surface area (Å²) >= 11 is 0. The fraction of sp³-hybridized carbons (Fsp3) is 0.385. The maximum atomic E-state index is 13.2. The lowest BCUT2D eigenvalue weighted by atomic mass is 10.00. The lowest BCUT2D eigenvalue weighted by Gasteiger charge is -2.17. The molecule has 6 nitrogen and oxygen atoms in total. The molecule has 1 aromatic carbocycles. The number of carbonyl (C=O) groups excluding carboxylic acids is 1. The van der Waals surface area contributed by atoms with Gasteiger partial charge in [-0.2, -0.15) is 0 Å². The van der Waals surface area contributed by atoms with Crippen LogP contribution in [0.15, 0.2) is 18.2 Å². The molecular weight excluding hydrogens is 271 g/mol. The van der Waals surface area contributed by atoms with Gasteiger partial charge < -0.3 is 20.1 Å². The van der Waals surface area contributed by atoms with Crippen molar-refractivity contribution in [2.75, 3.05) is 6.61 Å². The van der Waals surface area contributed by atoms with Crippen LogP contribution in [0, 0.1) is 5.82 Å². The third-order valence-corrected chi connectivity index (χ3v) is 2.61. The molecule has 2 atom stereocenters. The van der Waals surface area contributed by atoms with Crippen LogP contribution in [0.4, 0.5) is 4.39 Å². The Morgan fingerprint density at radius 1 is 1.35 bits per heavy atom. The summed E-state index contributed by atoms with van der Waals surface area (Å²) in [4.78, 5) is 21.9. The van der Waals surface area contributed by atoms with Crippen molar-refractivity contribution in [3.8, 4) is 0 Å². The number of carboxylic acids is 1. The van der Waals surface area contributed by atoms with Crippen molar-refractivity contribution in [1.82, 2.24) is 0 Å². The third-order valence-electron chi connectivity index (χ3n) is 2.61. The number of hydrogen-bond donors (Lipinski definition) is 3. The molecule has 20 heavy (non-hydrogen) atoms. The summed E-state index contributed by atoms with van der Waals surface area (Å²) in [5.41, 5.74) is -0.620. The normalized spacial score (nSPS) is 13.6. The number of ether oxygens (including phenoxy) is 1. The Morgan fingerprint density at radius 2 is 2.00 bits per heavy atom. The Hall–Kier alpha value is -1.99. The molecule has 0 fully saturated rings. The Kier molecular flexibility index (Phi) is 5.60. The summed E-state index contributed by atoms with van der Waals surface area (Å²) in [5, 5.41) is 28.3. The Morgan fingerprint density at radius 3 is 2.55 bits per heavy atom. The van der Waals surface area contributed by atoms with Crippen LogP contribution in [0.25, 0.3) is 0 Å². The lowest BCUT2D eigenvalue weighted by Crippen LogP contribution is -2.23. The second kappa shape index (κ2) is 6.97. The summed E-state index contributed by atoms with van der Waals surface area (Å²) in [6.07, 6.45) is -3.44. The maximum Gasteiger partial charge on any atom is 0.338 e. The van der Waals surface area contributed by atoms with E-state index in [0.29, 0.717) is 0 Å². The SMILES string of the molecule is CCOC(=O)CC(O)C(O)c1ccc(F)c(C(=O)O)c1. The number of aliphatic hydroxyl groups is 2. The molecule has 0 aliphatic carbocycles. The Labute approximate surface area is 114 Å². The highest BCUT2D eigenvalue weighted by molar-refractivity contribution is 5.88. The second-order valence-electron chi connectivity index (χ2n) is 4.07. The molecule has 0 aromatic heterocycles. The highest BCUT2D eigenvalue weighted by Gasteiger charge is 2.23. The van der Waals surface area contributed by atoms with Gasteiger partial charge in [0.25, 0.3) is 0 Å². The van der Waals surface area contributed by atoms with E-state index < -0.39 is 41.9 Å². The van der Waals surface area contributed by atoms with Crippen LogP contribution in [-0.2, 0) is 9.53 Å². The largest absolute Gasteiger partial charge is 0.478 e. The average Bonchev–Trinajstić information content (AvgIpc) is 2.38. The summed E-state index contributed by atoms with van der Waals surface area (Å²) in [5.74, 6) is -3.13. The monoisotopic (exact) mass is 286 g/mol. The van der Waals surface area contributed by atoms with Gasteiger partial charge in [-0.3, -0.25) is 4.79 Å². The van der Waals surface area contributed by atoms with Gasteiger partial charge in [-0.05, 0) is 24.6 Å². The molecule has 0 bridgehead atoms. The van der Waals surface area contributed by atoms with Gasteiger partial charge >= 0.3 is 11.9 Å². The number of hydrogen-bond acceptors (Lipinski definition) is 5. The van der Waals surface area contributed by atoms with E-state index in [4.69, 9.17) is 5.11 Å². The quantitative estimate of drug-likeness (QED) is 0.670. The van der Waals surface area contributed by atoms with Crippen LogP contribution >= 0.6 is 0 Å². The van der Waals surface area contributed by atoms with Crippen LogP contribution in [0.1, 0.15) is 35.4 Å². The van der Waals surface area contributed by atoms with Gasteiger partial charge in [0, 0.05) is 0 Å². The molecule has 0 saturated carbocycles. The molecule has 1 aromatic rings. The zero-order valence-electron chi connectivity index (χ0n) is 10.7. The number of benzene rings is 1. The molecule has 110 valence electrons. The van der Waals surface area contributed by atoms with Gasteiger partial charge in [-0.25, -0.2) is 9.18 Å². The Balaban J connectivity index is 2.86. The van der Waals surface area contributed by atoms with E-state index in [0.717, 1.165) is 18.2 Å². The number of aliphatic hydroxyl groups excluding tert-OH is 2. The summed E-state index contributed by atoms with van der Waals surface area (Å²) in [7, 11) is 0. The van der Waals surface area contributed by atoms with Crippen LogP contribution in [0.5, 0.6) is 0 Å². The first kappa shape index (κ1) is 16.1. The number of esters is 1. The molecule has 0 heterocycles. The molecule has 7 heteroatoms. The summed E-state index contributed by atoms with van der Waals surface area (Å²) in [6.45, 7) is 1.74. The Bertz CT molecular complexity index is 502. The van der Waals surface area contributed by atoms with Crippen molar-refractivity contribution in [2.24, 2.45) is 0 Å². The molecule has 0 aliphatic rings. The van der Waals surface area contributed by atoms with Gasteiger partial charge in [0.1, 0.15) is 11.9 Å². The lowest BCUT2D eigenvalue weighted by molar-refractivity contribution is -0.147. The molecule has 0 aliphatic heterocycles. The van der Waals surface area contributed by atoms with E-state index in [2.05, 4.69) is 4.74 Å². The highest BCUT2D eigenvalue weighted by Crippen LogP contribution is 2.22. The highest BCUT2D eigenvalue weighted by atomic mass is 19.1. The maximum absolute atomic E-state index is 13.2.